The number of fused-ring (bicyclic) bond motifs is 1. The summed E-state index contributed by atoms with van der Waals surface area (Å²) in [5, 5.41) is 8.79. The van der Waals surface area contributed by atoms with E-state index in [0.717, 1.165) is 24.2 Å². The number of methoxy groups -OCH3 is 1. The second kappa shape index (κ2) is 3.93. The molecule has 1 aliphatic carbocycles. The molecule has 1 atom stereocenters. The van der Waals surface area contributed by atoms with Gasteiger partial charge in [-0.15, -0.1) is 0 Å². The highest BCUT2D eigenvalue weighted by Crippen LogP contribution is 2.37. The van der Waals surface area contributed by atoms with Crippen LogP contribution in [0.3, 0.4) is 0 Å². The number of carboxylic acids is 1. The minimum absolute atomic E-state index is 0.160. The van der Waals surface area contributed by atoms with Crippen LogP contribution in [0.1, 0.15) is 29.9 Å². The number of ether oxygens (including phenoxy) is 1. The zero-order valence-corrected chi connectivity index (χ0v) is 8.69. The van der Waals surface area contributed by atoms with Gasteiger partial charge in [-0.05, 0) is 42.0 Å². The van der Waals surface area contributed by atoms with Crippen LogP contribution in [0.25, 0.3) is 0 Å². The molecule has 80 valence electrons. The first-order valence-electron chi connectivity index (χ1n) is 5.09. The molecule has 0 radical (unpaired) electrons. The zero-order chi connectivity index (χ0) is 10.8. The summed E-state index contributed by atoms with van der Waals surface area (Å²) in [5.74, 6) is 0.245. The predicted octanol–water partition coefficient (Wildman–Crippen LogP) is 2.20. The van der Waals surface area contributed by atoms with Crippen molar-refractivity contribution >= 4 is 5.97 Å². The standard InChI is InChI=1S/C12H14O3/c1-15-10-5-4-8-2-3-9(6-12(13)14)11(8)7-10/h4-5,7,9H,2-3,6H2,1H3,(H,13,14)/t9-/m1/s1. The lowest BCUT2D eigenvalue weighted by atomic mass is 9.98. The number of hydrogen-bond donors (Lipinski definition) is 1. The van der Waals surface area contributed by atoms with Crippen molar-refractivity contribution in [1.29, 1.82) is 0 Å². The van der Waals surface area contributed by atoms with E-state index in [2.05, 4.69) is 0 Å². The molecule has 15 heavy (non-hydrogen) atoms. The maximum atomic E-state index is 10.7. The number of rotatable bonds is 3. The van der Waals surface area contributed by atoms with Gasteiger partial charge in [0.2, 0.25) is 0 Å². The van der Waals surface area contributed by atoms with E-state index >= 15 is 0 Å². The number of carboxylic acid groups (broad SMARTS) is 1. The summed E-state index contributed by atoms with van der Waals surface area (Å²) in [4.78, 5) is 10.7. The van der Waals surface area contributed by atoms with E-state index in [9.17, 15) is 4.79 Å². The summed E-state index contributed by atoms with van der Waals surface area (Å²) in [6.45, 7) is 0. The predicted molar refractivity (Wildman–Crippen MR) is 56.3 cm³/mol. The van der Waals surface area contributed by atoms with E-state index in [1.807, 2.05) is 18.2 Å². The monoisotopic (exact) mass is 206 g/mol. The summed E-state index contributed by atoms with van der Waals surface area (Å²) in [5.41, 5.74) is 2.42. The smallest absolute Gasteiger partial charge is 0.303 e. The van der Waals surface area contributed by atoms with E-state index < -0.39 is 5.97 Å². The Kier molecular flexibility index (Phi) is 2.62. The maximum Gasteiger partial charge on any atom is 0.303 e. The molecule has 0 unspecified atom stereocenters. The van der Waals surface area contributed by atoms with E-state index in [-0.39, 0.29) is 12.3 Å². The summed E-state index contributed by atoms with van der Waals surface area (Å²) in [7, 11) is 1.63. The number of hydrogen-bond acceptors (Lipinski definition) is 2. The Morgan fingerprint density at radius 1 is 1.60 bits per heavy atom. The SMILES string of the molecule is COc1ccc2c(c1)[C@@H](CC(=O)O)CC2. The highest BCUT2D eigenvalue weighted by Gasteiger charge is 2.24. The summed E-state index contributed by atoms with van der Waals surface area (Å²) < 4.78 is 5.15. The third-order valence-corrected chi connectivity index (χ3v) is 2.98. The fraction of sp³-hybridized carbons (Fsp3) is 0.417. The van der Waals surface area contributed by atoms with E-state index in [1.165, 1.54) is 5.56 Å². The molecular formula is C12H14O3. The molecule has 0 aromatic heterocycles. The highest BCUT2D eigenvalue weighted by atomic mass is 16.5. The van der Waals surface area contributed by atoms with Crippen molar-refractivity contribution < 1.29 is 14.6 Å². The van der Waals surface area contributed by atoms with Crippen molar-refractivity contribution in [2.45, 2.75) is 25.2 Å². The van der Waals surface area contributed by atoms with E-state index in [4.69, 9.17) is 9.84 Å². The molecule has 0 saturated heterocycles. The quantitative estimate of drug-likeness (QED) is 0.824. The molecule has 1 N–H and O–H groups in total. The van der Waals surface area contributed by atoms with Crippen LogP contribution in [0.2, 0.25) is 0 Å². The van der Waals surface area contributed by atoms with Crippen molar-refractivity contribution in [2.75, 3.05) is 7.11 Å². The molecule has 2 rings (SSSR count). The van der Waals surface area contributed by atoms with Crippen molar-refractivity contribution in [3.05, 3.63) is 29.3 Å². The molecule has 0 aliphatic heterocycles. The molecule has 1 aromatic carbocycles. The first-order valence-corrected chi connectivity index (χ1v) is 5.09. The topological polar surface area (TPSA) is 46.5 Å². The van der Waals surface area contributed by atoms with E-state index in [1.54, 1.807) is 7.11 Å². The van der Waals surface area contributed by atoms with Gasteiger partial charge in [0.25, 0.3) is 0 Å². The molecule has 0 spiro atoms. The van der Waals surface area contributed by atoms with Gasteiger partial charge in [0.1, 0.15) is 5.75 Å². The average Bonchev–Trinajstić information content (AvgIpc) is 2.60. The normalized spacial score (nSPS) is 18.6. The first-order chi connectivity index (χ1) is 7.20. The molecule has 0 heterocycles. The fourth-order valence-electron chi connectivity index (χ4n) is 2.22. The van der Waals surface area contributed by atoms with E-state index in [0.29, 0.717) is 0 Å². The Bertz CT molecular complexity index is 384. The second-order valence-corrected chi connectivity index (χ2v) is 3.90. The molecule has 1 aromatic rings. The summed E-state index contributed by atoms with van der Waals surface area (Å²) in [6, 6.07) is 5.94. The van der Waals surface area contributed by atoms with Crippen molar-refractivity contribution in [3.8, 4) is 5.75 Å². The fourth-order valence-corrected chi connectivity index (χ4v) is 2.22. The number of carbonyl (C=O) groups is 1. The third kappa shape index (κ3) is 1.96. The molecule has 3 nitrogen and oxygen atoms in total. The minimum Gasteiger partial charge on any atom is -0.497 e. The van der Waals surface area contributed by atoms with Crippen LogP contribution >= 0.6 is 0 Å². The van der Waals surface area contributed by atoms with Crippen LogP contribution in [0.15, 0.2) is 18.2 Å². The lowest BCUT2D eigenvalue weighted by molar-refractivity contribution is -0.137. The Labute approximate surface area is 88.7 Å². The van der Waals surface area contributed by atoms with Crippen molar-refractivity contribution in [1.82, 2.24) is 0 Å². The third-order valence-electron chi connectivity index (χ3n) is 2.98. The van der Waals surface area contributed by atoms with Crippen molar-refractivity contribution in [2.24, 2.45) is 0 Å². The molecule has 1 aliphatic rings. The van der Waals surface area contributed by atoms with Crippen LogP contribution < -0.4 is 4.74 Å². The van der Waals surface area contributed by atoms with Crippen molar-refractivity contribution in [3.63, 3.8) is 0 Å². The second-order valence-electron chi connectivity index (χ2n) is 3.90. The zero-order valence-electron chi connectivity index (χ0n) is 8.69. The van der Waals surface area contributed by atoms with Crippen LogP contribution in [0.4, 0.5) is 0 Å². The lowest BCUT2D eigenvalue weighted by Gasteiger charge is -2.09. The molecule has 0 fully saturated rings. The Hall–Kier alpha value is -1.51. The lowest BCUT2D eigenvalue weighted by Crippen LogP contribution is -2.03. The summed E-state index contributed by atoms with van der Waals surface area (Å²) in [6.07, 6.45) is 2.15. The van der Waals surface area contributed by atoms with Gasteiger partial charge in [-0.1, -0.05) is 6.07 Å². The van der Waals surface area contributed by atoms with Crippen LogP contribution in [0, 0.1) is 0 Å². The van der Waals surface area contributed by atoms with Gasteiger partial charge >= 0.3 is 5.97 Å². The van der Waals surface area contributed by atoms with Crippen LogP contribution in [-0.4, -0.2) is 18.2 Å². The van der Waals surface area contributed by atoms with Gasteiger partial charge < -0.3 is 9.84 Å². The molecule has 0 bridgehead atoms. The Balaban J connectivity index is 2.27. The molecule has 0 saturated carbocycles. The van der Waals surface area contributed by atoms with Gasteiger partial charge in [-0.3, -0.25) is 4.79 Å². The maximum absolute atomic E-state index is 10.7. The largest absolute Gasteiger partial charge is 0.497 e. The molecule has 3 heteroatoms. The highest BCUT2D eigenvalue weighted by molar-refractivity contribution is 5.68. The Morgan fingerprint density at radius 3 is 3.07 bits per heavy atom. The first kappa shape index (κ1) is 10.0. The van der Waals surface area contributed by atoms with Gasteiger partial charge in [-0.2, -0.15) is 0 Å². The number of aryl methyl sites for hydroxylation is 1. The summed E-state index contributed by atoms with van der Waals surface area (Å²) >= 11 is 0. The van der Waals surface area contributed by atoms with Gasteiger partial charge in [0, 0.05) is 0 Å². The van der Waals surface area contributed by atoms with Gasteiger partial charge in [-0.25, -0.2) is 0 Å². The average molecular weight is 206 g/mol. The Morgan fingerprint density at radius 2 is 2.40 bits per heavy atom. The molecular weight excluding hydrogens is 192 g/mol. The minimum atomic E-state index is -0.726. The van der Waals surface area contributed by atoms with Crippen LogP contribution in [-0.2, 0) is 11.2 Å². The number of aliphatic carboxylic acids is 1. The van der Waals surface area contributed by atoms with Gasteiger partial charge in [0.15, 0.2) is 0 Å². The molecule has 0 amide bonds. The number of benzene rings is 1. The van der Waals surface area contributed by atoms with Gasteiger partial charge in [0.05, 0.1) is 13.5 Å². The van der Waals surface area contributed by atoms with Crippen LogP contribution in [0.5, 0.6) is 5.75 Å².